The average molecular weight is 459 g/mol. The summed E-state index contributed by atoms with van der Waals surface area (Å²) in [6.07, 6.45) is 3.94. The standard InChI is InChI=1S/C26H30N6O2/c1-16-13-19(17(2)28-21-8-6-5-7-18(21)24(33)34)22-20(14-16)23-30-27-15-32(23)25(29-22)31-11-9-26(3,4)10-12-31/h5-8,13-15,17,28H,9-12H2,1-4H3,(H,33,34)/t17-/m1/s1. The molecule has 2 aromatic carbocycles. The monoisotopic (exact) mass is 458 g/mol. The quantitative estimate of drug-likeness (QED) is 0.430. The molecule has 1 atom stereocenters. The summed E-state index contributed by atoms with van der Waals surface area (Å²) in [5.74, 6) is -0.103. The summed E-state index contributed by atoms with van der Waals surface area (Å²) in [4.78, 5) is 19.2. The van der Waals surface area contributed by atoms with Crippen molar-refractivity contribution < 1.29 is 9.90 Å². The molecule has 1 fully saturated rings. The molecule has 1 aliphatic heterocycles. The summed E-state index contributed by atoms with van der Waals surface area (Å²) >= 11 is 0. The van der Waals surface area contributed by atoms with E-state index in [1.807, 2.05) is 24.3 Å². The molecule has 0 saturated carbocycles. The van der Waals surface area contributed by atoms with Crippen molar-refractivity contribution in [2.75, 3.05) is 23.3 Å². The number of hydrogen-bond donors (Lipinski definition) is 2. The minimum atomic E-state index is -0.956. The summed E-state index contributed by atoms with van der Waals surface area (Å²) in [5, 5.41) is 22.6. The first kappa shape index (κ1) is 22.1. The number of carbonyl (C=O) groups is 1. The minimum Gasteiger partial charge on any atom is -0.478 e. The Kier molecular flexibility index (Phi) is 5.38. The Morgan fingerprint density at radius 2 is 1.91 bits per heavy atom. The van der Waals surface area contributed by atoms with Crippen molar-refractivity contribution >= 4 is 34.2 Å². The third-order valence-corrected chi connectivity index (χ3v) is 6.90. The predicted molar refractivity (Wildman–Crippen MR) is 134 cm³/mol. The molecule has 5 rings (SSSR count). The molecule has 8 heteroatoms. The fourth-order valence-electron chi connectivity index (χ4n) is 4.79. The lowest BCUT2D eigenvalue weighted by molar-refractivity contribution is 0.0698. The van der Waals surface area contributed by atoms with E-state index in [4.69, 9.17) is 4.98 Å². The number of carboxylic acids is 1. The van der Waals surface area contributed by atoms with Crippen molar-refractivity contribution in [1.29, 1.82) is 0 Å². The predicted octanol–water partition coefficient (Wildman–Crippen LogP) is 5.08. The molecule has 4 aromatic rings. The second-order valence-electron chi connectivity index (χ2n) is 10.1. The van der Waals surface area contributed by atoms with Gasteiger partial charge in [0.2, 0.25) is 5.95 Å². The summed E-state index contributed by atoms with van der Waals surface area (Å²) in [5.41, 5.74) is 4.89. The van der Waals surface area contributed by atoms with E-state index in [9.17, 15) is 9.90 Å². The van der Waals surface area contributed by atoms with Crippen molar-refractivity contribution in [3.05, 3.63) is 59.4 Å². The Morgan fingerprint density at radius 3 is 2.65 bits per heavy atom. The van der Waals surface area contributed by atoms with Gasteiger partial charge in [-0.3, -0.25) is 4.40 Å². The molecule has 0 aliphatic carbocycles. The van der Waals surface area contributed by atoms with E-state index in [1.165, 1.54) is 0 Å². The van der Waals surface area contributed by atoms with Gasteiger partial charge in [-0.1, -0.05) is 32.0 Å². The van der Waals surface area contributed by atoms with Crippen molar-refractivity contribution in [2.45, 2.75) is 46.6 Å². The molecule has 1 saturated heterocycles. The molecular formula is C26H30N6O2. The van der Waals surface area contributed by atoms with Gasteiger partial charge in [0.25, 0.3) is 0 Å². The first-order valence-electron chi connectivity index (χ1n) is 11.7. The van der Waals surface area contributed by atoms with E-state index >= 15 is 0 Å². The Hall–Kier alpha value is -3.68. The van der Waals surface area contributed by atoms with E-state index in [1.54, 1.807) is 24.5 Å². The molecule has 8 nitrogen and oxygen atoms in total. The summed E-state index contributed by atoms with van der Waals surface area (Å²) in [6.45, 7) is 10.6. The number of rotatable bonds is 5. The summed E-state index contributed by atoms with van der Waals surface area (Å²) in [7, 11) is 0. The topological polar surface area (TPSA) is 95.6 Å². The molecule has 1 aliphatic rings. The van der Waals surface area contributed by atoms with Crippen LogP contribution in [0, 0.1) is 12.3 Å². The highest BCUT2D eigenvalue weighted by Crippen LogP contribution is 2.35. The van der Waals surface area contributed by atoms with Crippen LogP contribution >= 0.6 is 0 Å². The minimum absolute atomic E-state index is 0.172. The van der Waals surface area contributed by atoms with E-state index in [0.717, 1.165) is 59.6 Å². The van der Waals surface area contributed by atoms with E-state index in [-0.39, 0.29) is 11.6 Å². The number of piperidine rings is 1. The van der Waals surface area contributed by atoms with Crippen LogP contribution in [0.5, 0.6) is 0 Å². The second kappa shape index (κ2) is 8.27. The van der Waals surface area contributed by atoms with Crippen molar-refractivity contribution in [1.82, 2.24) is 19.6 Å². The van der Waals surface area contributed by atoms with Gasteiger partial charge in [-0.15, -0.1) is 10.2 Å². The summed E-state index contributed by atoms with van der Waals surface area (Å²) < 4.78 is 1.99. The molecule has 0 radical (unpaired) electrons. The first-order chi connectivity index (χ1) is 16.2. The van der Waals surface area contributed by atoms with Crippen LogP contribution in [0.1, 0.15) is 61.1 Å². The van der Waals surface area contributed by atoms with E-state index in [0.29, 0.717) is 11.1 Å². The normalized spacial score (nSPS) is 16.6. The molecule has 34 heavy (non-hydrogen) atoms. The molecule has 0 spiro atoms. The van der Waals surface area contributed by atoms with Gasteiger partial charge in [0.05, 0.1) is 17.1 Å². The third kappa shape index (κ3) is 3.93. The molecule has 0 bridgehead atoms. The van der Waals surface area contributed by atoms with Crippen LogP contribution < -0.4 is 10.2 Å². The number of benzene rings is 2. The number of para-hydroxylation sites is 1. The van der Waals surface area contributed by atoms with Gasteiger partial charge < -0.3 is 15.3 Å². The van der Waals surface area contributed by atoms with Crippen molar-refractivity contribution in [2.24, 2.45) is 5.41 Å². The maximum absolute atomic E-state index is 11.7. The summed E-state index contributed by atoms with van der Waals surface area (Å²) in [6, 6.07) is 11.0. The Morgan fingerprint density at radius 1 is 1.18 bits per heavy atom. The number of aryl methyl sites for hydroxylation is 1. The number of fused-ring (bicyclic) bond motifs is 3. The number of nitrogens with zero attached hydrogens (tertiary/aromatic N) is 5. The number of carboxylic acid groups (broad SMARTS) is 1. The van der Waals surface area contributed by atoms with E-state index < -0.39 is 5.97 Å². The molecule has 2 N–H and O–H groups in total. The number of aromatic nitrogens is 4. The molecule has 176 valence electrons. The first-order valence-corrected chi connectivity index (χ1v) is 11.7. The highest BCUT2D eigenvalue weighted by molar-refractivity contribution is 5.96. The largest absolute Gasteiger partial charge is 0.478 e. The number of nitrogens with one attached hydrogen (secondary N) is 1. The molecular weight excluding hydrogens is 428 g/mol. The zero-order valence-electron chi connectivity index (χ0n) is 20.0. The van der Waals surface area contributed by atoms with Crippen LogP contribution in [0.3, 0.4) is 0 Å². The number of hydrogen-bond acceptors (Lipinski definition) is 6. The van der Waals surface area contributed by atoms with Gasteiger partial charge >= 0.3 is 5.97 Å². The van der Waals surface area contributed by atoms with Gasteiger partial charge in [-0.05, 0) is 55.9 Å². The zero-order chi connectivity index (χ0) is 24.0. The zero-order valence-corrected chi connectivity index (χ0v) is 20.0. The van der Waals surface area contributed by atoms with Crippen LogP contribution in [0.15, 0.2) is 42.7 Å². The van der Waals surface area contributed by atoms with Crippen LogP contribution in [0.4, 0.5) is 11.6 Å². The maximum atomic E-state index is 11.7. The van der Waals surface area contributed by atoms with Gasteiger partial charge in [-0.2, -0.15) is 0 Å². The van der Waals surface area contributed by atoms with Gasteiger partial charge in [0, 0.05) is 29.7 Å². The van der Waals surface area contributed by atoms with Crippen LogP contribution in [-0.4, -0.2) is 43.7 Å². The van der Waals surface area contributed by atoms with E-state index in [2.05, 4.69) is 46.4 Å². The van der Waals surface area contributed by atoms with Gasteiger partial charge in [-0.25, -0.2) is 9.78 Å². The lowest BCUT2D eigenvalue weighted by Gasteiger charge is -2.37. The number of aromatic carboxylic acids is 1. The smallest absolute Gasteiger partial charge is 0.337 e. The lowest BCUT2D eigenvalue weighted by atomic mass is 9.83. The maximum Gasteiger partial charge on any atom is 0.337 e. The van der Waals surface area contributed by atoms with Crippen molar-refractivity contribution in [3.63, 3.8) is 0 Å². The highest BCUT2D eigenvalue weighted by atomic mass is 16.4. The van der Waals surface area contributed by atoms with Crippen LogP contribution in [0.25, 0.3) is 16.6 Å². The van der Waals surface area contributed by atoms with Gasteiger partial charge in [0.1, 0.15) is 6.33 Å². The third-order valence-electron chi connectivity index (χ3n) is 6.90. The van der Waals surface area contributed by atoms with Crippen LogP contribution in [0.2, 0.25) is 0 Å². The fourth-order valence-corrected chi connectivity index (χ4v) is 4.79. The molecule has 2 aromatic heterocycles. The number of anilines is 2. The Labute approximate surface area is 198 Å². The molecule has 3 heterocycles. The molecule has 0 amide bonds. The Bertz CT molecular complexity index is 1380. The fraction of sp³-hybridized carbons (Fsp3) is 0.385. The average Bonchev–Trinajstić information content (AvgIpc) is 3.29. The lowest BCUT2D eigenvalue weighted by Crippen LogP contribution is -2.38. The highest BCUT2D eigenvalue weighted by Gasteiger charge is 2.28. The van der Waals surface area contributed by atoms with Crippen molar-refractivity contribution in [3.8, 4) is 0 Å². The Balaban J connectivity index is 1.62. The molecule has 0 unspecified atom stereocenters. The second-order valence-corrected chi connectivity index (χ2v) is 10.1. The SMILES string of the molecule is Cc1cc([C@@H](C)Nc2ccccc2C(=O)O)c2nc(N3CCC(C)(C)CC3)n3cnnc3c2c1. The van der Waals surface area contributed by atoms with Gasteiger partial charge in [0.15, 0.2) is 5.65 Å². The van der Waals surface area contributed by atoms with Crippen LogP contribution in [-0.2, 0) is 0 Å².